The summed E-state index contributed by atoms with van der Waals surface area (Å²) in [6.45, 7) is 5.67. The highest BCUT2D eigenvalue weighted by molar-refractivity contribution is 5.94. The summed E-state index contributed by atoms with van der Waals surface area (Å²) in [5, 5.41) is 8.32. The summed E-state index contributed by atoms with van der Waals surface area (Å²) in [5.41, 5.74) is 10.4. The minimum atomic E-state index is -0.425. The van der Waals surface area contributed by atoms with E-state index >= 15 is 0 Å². The van der Waals surface area contributed by atoms with Crippen molar-refractivity contribution in [1.82, 2.24) is 20.0 Å². The molecule has 0 spiro atoms. The Labute approximate surface area is 209 Å². The molecule has 2 amide bonds. The fourth-order valence-electron chi connectivity index (χ4n) is 4.23. The maximum Gasteiger partial charge on any atom is 0.253 e. The Balaban J connectivity index is 1.17. The second-order valence-corrected chi connectivity index (χ2v) is 8.99. The fourth-order valence-corrected chi connectivity index (χ4v) is 4.23. The van der Waals surface area contributed by atoms with Crippen LogP contribution in [0.25, 0.3) is 22.9 Å². The Morgan fingerprint density at radius 3 is 1.86 bits per heavy atom. The smallest absolute Gasteiger partial charge is 0.253 e. The molecule has 36 heavy (non-hydrogen) atoms. The molecule has 3 aromatic carbocycles. The third-order valence-corrected chi connectivity index (χ3v) is 6.41. The summed E-state index contributed by atoms with van der Waals surface area (Å²) in [4.78, 5) is 28.5. The number of amides is 2. The Morgan fingerprint density at radius 2 is 1.31 bits per heavy atom. The van der Waals surface area contributed by atoms with E-state index in [1.807, 2.05) is 60.4 Å². The van der Waals surface area contributed by atoms with Gasteiger partial charge in [0.15, 0.2) is 0 Å². The number of hydrogen-bond donors (Lipinski definition) is 1. The molecule has 1 aliphatic rings. The molecular formula is C28H27N5O3. The molecule has 5 rings (SSSR count). The summed E-state index contributed by atoms with van der Waals surface area (Å²) in [6, 6.07) is 22.5. The molecule has 8 heteroatoms. The molecule has 0 atom stereocenters. The summed E-state index contributed by atoms with van der Waals surface area (Å²) in [6.07, 6.45) is 0. The van der Waals surface area contributed by atoms with Gasteiger partial charge in [0.1, 0.15) is 0 Å². The molecule has 8 nitrogen and oxygen atoms in total. The zero-order valence-corrected chi connectivity index (χ0v) is 20.1. The van der Waals surface area contributed by atoms with E-state index in [4.69, 9.17) is 10.2 Å². The standard InChI is InChI=1S/C28H27N5O3/c1-19-2-6-22(7-3-19)26-30-31-27(36-26)23-10-12-24(13-11-23)28(35)33-16-14-32(15-17-33)18-20-4-8-21(9-5-20)25(29)34/h2-13H,14-18H2,1H3,(H2,29,34). The van der Waals surface area contributed by atoms with E-state index < -0.39 is 5.91 Å². The van der Waals surface area contributed by atoms with Crippen LogP contribution in [-0.2, 0) is 6.54 Å². The third-order valence-electron chi connectivity index (χ3n) is 6.41. The Morgan fingerprint density at radius 1 is 0.778 bits per heavy atom. The molecule has 0 radical (unpaired) electrons. The number of hydrogen-bond acceptors (Lipinski definition) is 6. The number of aryl methyl sites for hydroxylation is 1. The van der Waals surface area contributed by atoms with Gasteiger partial charge in [-0.15, -0.1) is 10.2 Å². The zero-order chi connectivity index (χ0) is 25.1. The summed E-state index contributed by atoms with van der Waals surface area (Å²) in [5.74, 6) is 0.470. The SMILES string of the molecule is Cc1ccc(-c2nnc(-c3ccc(C(=O)N4CCN(Cc5ccc(C(N)=O)cc5)CC4)cc3)o2)cc1. The van der Waals surface area contributed by atoms with Gasteiger partial charge in [0.05, 0.1) is 0 Å². The molecule has 0 bridgehead atoms. The quantitative estimate of drug-likeness (QED) is 0.449. The zero-order valence-electron chi connectivity index (χ0n) is 20.1. The fraction of sp³-hybridized carbons (Fsp3) is 0.214. The molecule has 1 saturated heterocycles. The number of primary amides is 1. The van der Waals surface area contributed by atoms with E-state index in [0.29, 0.717) is 36.0 Å². The van der Waals surface area contributed by atoms with Crippen LogP contribution in [0, 0.1) is 6.92 Å². The van der Waals surface area contributed by atoms with Gasteiger partial charge in [0.2, 0.25) is 17.7 Å². The van der Waals surface area contributed by atoms with E-state index in [9.17, 15) is 9.59 Å². The van der Waals surface area contributed by atoms with Crippen LogP contribution in [0.3, 0.4) is 0 Å². The van der Waals surface area contributed by atoms with Crippen LogP contribution in [0.1, 0.15) is 31.8 Å². The van der Waals surface area contributed by atoms with Crippen molar-refractivity contribution in [1.29, 1.82) is 0 Å². The van der Waals surface area contributed by atoms with E-state index in [1.54, 1.807) is 24.3 Å². The lowest BCUT2D eigenvalue weighted by Gasteiger charge is -2.34. The first-order valence-corrected chi connectivity index (χ1v) is 11.9. The molecule has 2 heterocycles. The van der Waals surface area contributed by atoms with Crippen molar-refractivity contribution in [2.75, 3.05) is 26.2 Å². The second-order valence-electron chi connectivity index (χ2n) is 8.99. The van der Waals surface area contributed by atoms with E-state index in [-0.39, 0.29) is 5.91 Å². The molecule has 0 unspecified atom stereocenters. The number of aromatic nitrogens is 2. The van der Waals surface area contributed by atoms with Crippen molar-refractivity contribution in [3.63, 3.8) is 0 Å². The molecule has 0 aliphatic carbocycles. The Kier molecular flexibility index (Phi) is 6.60. The van der Waals surface area contributed by atoms with Gasteiger partial charge in [-0.25, -0.2) is 0 Å². The minimum Gasteiger partial charge on any atom is -0.416 e. The highest BCUT2D eigenvalue weighted by Crippen LogP contribution is 2.25. The molecule has 1 fully saturated rings. The van der Waals surface area contributed by atoms with Crippen LogP contribution >= 0.6 is 0 Å². The van der Waals surface area contributed by atoms with Crippen molar-refractivity contribution in [2.45, 2.75) is 13.5 Å². The van der Waals surface area contributed by atoms with Gasteiger partial charge >= 0.3 is 0 Å². The minimum absolute atomic E-state index is 0.0119. The van der Waals surface area contributed by atoms with E-state index in [1.165, 1.54) is 0 Å². The van der Waals surface area contributed by atoms with Gasteiger partial charge in [0, 0.05) is 55.0 Å². The lowest BCUT2D eigenvalue weighted by atomic mass is 10.1. The van der Waals surface area contributed by atoms with Crippen LogP contribution < -0.4 is 5.73 Å². The monoisotopic (exact) mass is 481 g/mol. The van der Waals surface area contributed by atoms with Crippen LogP contribution in [-0.4, -0.2) is 58.0 Å². The lowest BCUT2D eigenvalue weighted by Crippen LogP contribution is -2.48. The predicted molar refractivity (Wildman–Crippen MR) is 136 cm³/mol. The number of nitrogens with two attached hydrogens (primary N) is 1. The first-order valence-electron chi connectivity index (χ1n) is 11.9. The van der Waals surface area contributed by atoms with Crippen molar-refractivity contribution >= 4 is 11.8 Å². The summed E-state index contributed by atoms with van der Waals surface area (Å²) in [7, 11) is 0. The predicted octanol–water partition coefficient (Wildman–Crippen LogP) is 3.77. The van der Waals surface area contributed by atoms with Gasteiger partial charge in [-0.2, -0.15) is 0 Å². The van der Waals surface area contributed by atoms with Crippen LogP contribution in [0.15, 0.2) is 77.2 Å². The molecule has 182 valence electrons. The van der Waals surface area contributed by atoms with Crippen molar-refractivity contribution in [3.8, 4) is 22.9 Å². The molecule has 1 aliphatic heterocycles. The molecule has 4 aromatic rings. The number of carbonyl (C=O) groups is 2. The van der Waals surface area contributed by atoms with E-state index in [0.717, 1.165) is 41.9 Å². The van der Waals surface area contributed by atoms with Crippen molar-refractivity contribution < 1.29 is 14.0 Å². The number of rotatable bonds is 6. The third kappa shape index (κ3) is 5.18. The topological polar surface area (TPSA) is 106 Å². The van der Waals surface area contributed by atoms with Crippen molar-refractivity contribution in [3.05, 3.63) is 95.1 Å². The summed E-state index contributed by atoms with van der Waals surface area (Å²) < 4.78 is 5.85. The average Bonchev–Trinajstić information content (AvgIpc) is 3.40. The van der Waals surface area contributed by atoms with Gasteiger partial charge in [0.25, 0.3) is 5.91 Å². The Hall–Kier alpha value is -4.30. The van der Waals surface area contributed by atoms with Crippen LogP contribution in [0.5, 0.6) is 0 Å². The lowest BCUT2D eigenvalue weighted by molar-refractivity contribution is 0.0628. The number of carbonyl (C=O) groups excluding carboxylic acids is 2. The first kappa shape index (κ1) is 23.4. The Bertz CT molecular complexity index is 1350. The number of nitrogens with zero attached hydrogens (tertiary/aromatic N) is 4. The number of benzene rings is 3. The van der Waals surface area contributed by atoms with Gasteiger partial charge in [-0.1, -0.05) is 29.8 Å². The van der Waals surface area contributed by atoms with Crippen LogP contribution in [0.2, 0.25) is 0 Å². The second kappa shape index (κ2) is 10.1. The summed E-state index contributed by atoms with van der Waals surface area (Å²) >= 11 is 0. The highest BCUT2D eigenvalue weighted by atomic mass is 16.4. The number of piperazine rings is 1. The van der Waals surface area contributed by atoms with Crippen molar-refractivity contribution in [2.24, 2.45) is 5.73 Å². The molecule has 2 N–H and O–H groups in total. The maximum absolute atomic E-state index is 13.0. The van der Waals surface area contributed by atoms with E-state index in [2.05, 4.69) is 15.1 Å². The van der Waals surface area contributed by atoms with Crippen LogP contribution in [0.4, 0.5) is 0 Å². The maximum atomic E-state index is 13.0. The first-order chi connectivity index (χ1) is 17.5. The van der Waals surface area contributed by atoms with Gasteiger partial charge in [-0.05, 0) is 61.0 Å². The molecule has 0 saturated carbocycles. The molecule has 1 aromatic heterocycles. The van der Waals surface area contributed by atoms with Gasteiger partial charge in [-0.3, -0.25) is 14.5 Å². The largest absolute Gasteiger partial charge is 0.416 e. The normalized spacial score (nSPS) is 14.1. The van der Waals surface area contributed by atoms with Gasteiger partial charge < -0.3 is 15.1 Å². The molecular weight excluding hydrogens is 454 g/mol. The average molecular weight is 482 g/mol. The highest BCUT2D eigenvalue weighted by Gasteiger charge is 2.22.